The number of aromatic amines is 1. The zero-order valence-electron chi connectivity index (χ0n) is 15.0. The maximum absolute atomic E-state index is 12.4. The predicted molar refractivity (Wildman–Crippen MR) is 117 cm³/mol. The van der Waals surface area contributed by atoms with Crippen LogP contribution in [0.4, 0.5) is 5.13 Å². The Morgan fingerprint density at radius 1 is 1.10 bits per heavy atom. The SMILES string of the molecule is O=c1[nH]c(-c2ccc(S(=O)(=O)Nc3nccs3)cc2)nn1Cc1ccc(Cl)c(Cl)c1. The molecule has 2 aromatic carbocycles. The number of anilines is 1. The Balaban J connectivity index is 1.55. The normalized spacial score (nSPS) is 11.5. The third-order valence-electron chi connectivity index (χ3n) is 4.09. The Hall–Kier alpha value is -2.66. The number of benzene rings is 2. The van der Waals surface area contributed by atoms with E-state index in [2.05, 4.69) is 19.8 Å². The molecule has 0 amide bonds. The average molecular weight is 482 g/mol. The van der Waals surface area contributed by atoms with Crippen LogP contribution < -0.4 is 10.4 Å². The maximum Gasteiger partial charge on any atom is 0.343 e. The van der Waals surface area contributed by atoms with Gasteiger partial charge in [0.2, 0.25) is 0 Å². The molecule has 0 aliphatic heterocycles. The Morgan fingerprint density at radius 2 is 1.87 bits per heavy atom. The van der Waals surface area contributed by atoms with Crippen molar-refractivity contribution in [3.8, 4) is 11.4 Å². The van der Waals surface area contributed by atoms with Gasteiger partial charge < -0.3 is 0 Å². The van der Waals surface area contributed by atoms with Crippen molar-refractivity contribution in [2.24, 2.45) is 0 Å². The van der Waals surface area contributed by atoms with Crippen molar-refractivity contribution >= 4 is 49.7 Å². The summed E-state index contributed by atoms with van der Waals surface area (Å²) in [6.45, 7) is 0.205. The van der Waals surface area contributed by atoms with Crippen LogP contribution in [-0.4, -0.2) is 28.2 Å². The Labute approximate surface area is 185 Å². The van der Waals surface area contributed by atoms with Gasteiger partial charge in [-0.3, -0.25) is 9.71 Å². The molecule has 4 aromatic rings. The number of rotatable bonds is 6. The lowest BCUT2D eigenvalue weighted by Gasteiger charge is -2.05. The summed E-state index contributed by atoms with van der Waals surface area (Å²) in [6.07, 6.45) is 1.51. The molecule has 154 valence electrons. The van der Waals surface area contributed by atoms with Crippen LogP contribution in [0.2, 0.25) is 10.0 Å². The Kier molecular flexibility index (Phi) is 5.65. The van der Waals surface area contributed by atoms with E-state index in [4.69, 9.17) is 23.2 Å². The minimum atomic E-state index is -3.76. The monoisotopic (exact) mass is 481 g/mol. The first-order valence-corrected chi connectivity index (χ1v) is 11.6. The molecule has 0 aliphatic carbocycles. The smallest absolute Gasteiger partial charge is 0.289 e. The third-order valence-corrected chi connectivity index (χ3v) is 7.00. The molecule has 0 aliphatic rings. The van der Waals surface area contributed by atoms with Gasteiger partial charge in [0, 0.05) is 17.1 Å². The second-order valence-corrected chi connectivity index (χ2v) is 9.54. The number of halogens is 2. The first-order valence-electron chi connectivity index (χ1n) is 8.46. The molecule has 0 bridgehead atoms. The number of H-pyrrole nitrogens is 1. The highest BCUT2D eigenvalue weighted by Gasteiger charge is 2.16. The van der Waals surface area contributed by atoms with E-state index < -0.39 is 15.7 Å². The molecular weight excluding hydrogens is 469 g/mol. The van der Waals surface area contributed by atoms with Crippen molar-refractivity contribution in [3.05, 3.63) is 80.1 Å². The van der Waals surface area contributed by atoms with E-state index >= 15 is 0 Å². The summed E-state index contributed by atoms with van der Waals surface area (Å²) in [7, 11) is -3.76. The fraction of sp³-hybridized carbons (Fsp3) is 0.0556. The van der Waals surface area contributed by atoms with Crippen LogP contribution in [0.1, 0.15) is 5.56 Å². The van der Waals surface area contributed by atoms with Gasteiger partial charge in [0.15, 0.2) is 11.0 Å². The molecule has 0 saturated heterocycles. The van der Waals surface area contributed by atoms with E-state index in [0.29, 0.717) is 21.4 Å². The highest BCUT2D eigenvalue weighted by Crippen LogP contribution is 2.23. The van der Waals surface area contributed by atoms with Crippen LogP contribution in [0.5, 0.6) is 0 Å². The minimum Gasteiger partial charge on any atom is -0.289 e. The van der Waals surface area contributed by atoms with Crippen LogP contribution in [0.3, 0.4) is 0 Å². The molecule has 2 heterocycles. The third kappa shape index (κ3) is 4.41. The molecule has 0 unspecified atom stereocenters. The van der Waals surface area contributed by atoms with Gasteiger partial charge in [0.1, 0.15) is 0 Å². The second kappa shape index (κ2) is 8.23. The van der Waals surface area contributed by atoms with E-state index in [-0.39, 0.29) is 16.6 Å². The number of hydrogen-bond acceptors (Lipinski definition) is 6. The number of hydrogen-bond donors (Lipinski definition) is 2. The molecule has 0 spiro atoms. The van der Waals surface area contributed by atoms with Crippen molar-refractivity contribution in [1.29, 1.82) is 0 Å². The molecule has 0 atom stereocenters. The highest BCUT2D eigenvalue weighted by atomic mass is 35.5. The van der Waals surface area contributed by atoms with E-state index in [9.17, 15) is 13.2 Å². The van der Waals surface area contributed by atoms with Crippen molar-refractivity contribution in [2.75, 3.05) is 4.72 Å². The lowest BCUT2D eigenvalue weighted by atomic mass is 10.2. The Bertz CT molecular complexity index is 1350. The van der Waals surface area contributed by atoms with Gasteiger partial charge in [-0.15, -0.1) is 16.4 Å². The molecule has 2 aromatic heterocycles. The van der Waals surface area contributed by atoms with Gasteiger partial charge in [0.25, 0.3) is 10.0 Å². The zero-order chi connectivity index (χ0) is 21.3. The summed E-state index contributed by atoms with van der Waals surface area (Å²) in [5, 5.41) is 7.05. The van der Waals surface area contributed by atoms with E-state index in [1.165, 1.54) is 34.3 Å². The topological polar surface area (TPSA) is 110 Å². The van der Waals surface area contributed by atoms with Crippen LogP contribution in [-0.2, 0) is 16.6 Å². The molecule has 8 nitrogen and oxygen atoms in total. The molecule has 12 heteroatoms. The molecular formula is C18H13Cl2N5O3S2. The number of aromatic nitrogens is 4. The van der Waals surface area contributed by atoms with Crippen molar-refractivity contribution in [3.63, 3.8) is 0 Å². The fourth-order valence-electron chi connectivity index (χ4n) is 2.64. The number of nitrogens with zero attached hydrogens (tertiary/aromatic N) is 3. The first kappa shape index (κ1) is 20.6. The lowest BCUT2D eigenvalue weighted by molar-refractivity contribution is 0.601. The second-order valence-electron chi connectivity index (χ2n) is 6.15. The van der Waals surface area contributed by atoms with Crippen LogP contribution in [0, 0.1) is 0 Å². The molecule has 2 N–H and O–H groups in total. The quantitative estimate of drug-likeness (QED) is 0.434. The number of nitrogens with one attached hydrogen (secondary N) is 2. The largest absolute Gasteiger partial charge is 0.343 e. The highest BCUT2D eigenvalue weighted by molar-refractivity contribution is 7.93. The van der Waals surface area contributed by atoms with Crippen molar-refractivity contribution in [2.45, 2.75) is 11.4 Å². The summed E-state index contributed by atoms with van der Waals surface area (Å²) in [5.74, 6) is 0.317. The van der Waals surface area contributed by atoms with Gasteiger partial charge in [-0.2, -0.15) is 0 Å². The van der Waals surface area contributed by atoms with Crippen LogP contribution in [0.15, 0.2) is 63.7 Å². The minimum absolute atomic E-state index is 0.0686. The van der Waals surface area contributed by atoms with Gasteiger partial charge in [-0.25, -0.2) is 22.9 Å². The summed E-state index contributed by atoms with van der Waals surface area (Å²) in [5.41, 5.74) is 0.922. The van der Waals surface area contributed by atoms with Crippen LogP contribution >= 0.6 is 34.5 Å². The lowest BCUT2D eigenvalue weighted by Crippen LogP contribution is -2.18. The van der Waals surface area contributed by atoms with Crippen LogP contribution in [0.25, 0.3) is 11.4 Å². The van der Waals surface area contributed by atoms with E-state index in [0.717, 1.165) is 5.56 Å². The van der Waals surface area contributed by atoms with Gasteiger partial charge in [0.05, 0.1) is 21.5 Å². The number of thiazole rings is 1. The standard InChI is InChI=1S/C18H13Cl2N5O3S2/c19-14-6-1-11(9-15(14)20)10-25-18(26)22-16(23-25)12-2-4-13(5-3-12)30(27,28)24-17-21-7-8-29-17/h1-9H,10H2,(H,21,24)(H,22,23,26). The summed E-state index contributed by atoms with van der Waals surface area (Å²) in [4.78, 5) is 18.9. The Morgan fingerprint density at radius 3 is 2.53 bits per heavy atom. The zero-order valence-corrected chi connectivity index (χ0v) is 18.2. The van der Waals surface area contributed by atoms with Crippen molar-refractivity contribution < 1.29 is 8.42 Å². The molecule has 4 rings (SSSR count). The van der Waals surface area contributed by atoms with E-state index in [1.807, 2.05) is 0 Å². The first-order chi connectivity index (χ1) is 14.3. The summed E-state index contributed by atoms with van der Waals surface area (Å²) in [6, 6.07) is 11.1. The fourth-order valence-corrected chi connectivity index (χ4v) is 4.75. The molecule has 0 radical (unpaired) electrons. The average Bonchev–Trinajstić information content (AvgIpc) is 3.34. The number of sulfonamides is 1. The van der Waals surface area contributed by atoms with Crippen molar-refractivity contribution in [1.82, 2.24) is 19.7 Å². The molecule has 0 fully saturated rings. The summed E-state index contributed by atoms with van der Waals surface area (Å²) >= 11 is 13.1. The van der Waals surface area contributed by atoms with Gasteiger partial charge in [-0.1, -0.05) is 29.3 Å². The summed E-state index contributed by atoms with van der Waals surface area (Å²) < 4.78 is 28.5. The molecule has 0 saturated carbocycles. The maximum atomic E-state index is 12.4. The predicted octanol–water partition coefficient (Wildman–Crippen LogP) is 3.85. The molecule has 30 heavy (non-hydrogen) atoms. The van der Waals surface area contributed by atoms with Gasteiger partial charge >= 0.3 is 5.69 Å². The van der Waals surface area contributed by atoms with E-state index in [1.54, 1.807) is 35.7 Å². The van der Waals surface area contributed by atoms with Gasteiger partial charge in [-0.05, 0) is 42.0 Å².